The molecule has 3 N–H and O–H groups in total. The summed E-state index contributed by atoms with van der Waals surface area (Å²) >= 11 is 0. The highest BCUT2D eigenvalue weighted by Gasteiger charge is 2.04. The van der Waals surface area contributed by atoms with Crippen LogP contribution in [0.1, 0.15) is 17.7 Å². The minimum absolute atomic E-state index is 0.0937. The molecule has 1 aromatic heterocycles. The van der Waals surface area contributed by atoms with Crippen molar-refractivity contribution in [2.24, 2.45) is 0 Å². The zero-order valence-electron chi connectivity index (χ0n) is 11.3. The van der Waals surface area contributed by atoms with Gasteiger partial charge in [-0.15, -0.1) is 0 Å². The van der Waals surface area contributed by atoms with Crippen LogP contribution in [0.15, 0.2) is 47.1 Å². The van der Waals surface area contributed by atoms with E-state index in [0.717, 1.165) is 5.56 Å². The van der Waals surface area contributed by atoms with E-state index in [-0.39, 0.29) is 12.5 Å². The summed E-state index contributed by atoms with van der Waals surface area (Å²) in [7, 11) is 0. The monoisotopic (exact) mass is 288 g/mol. The third-order valence-corrected chi connectivity index (χ3v) is 2.84. The zero-order valence-corrected chi connectivity index (χ0v) is 11.3. The summed E-state index contributed by atoms with van der Waals surface area (Å²) in [6.07, 6.45) is 2.11. The van der Waals surface area contributed by atoms with Crippen LogP contribution in [0, 0.1) is 0 Å². The maximum Gasteiger partial charge on any atom is 0.319 e. The van der Waals surface area contributed by atoms with Gasteiger partial charge in [0, 0.05) is 12.1 Å². The fraction of sp³-hybridized carbons (Fsp3) is 0.200. The molecule has 0 unspecified atom stereocenters. The van der Waals surface area contributed by atoms with E-state index in [1.165, 1.54) is 0 Å². The number of amides is 2. The van der Waals surface area contributed by atoms with Crippen molar-refractivity contribution in [2.45, 2.75) is 19.4 Å². The second kappa shape index (κ2) is 7.14. The van der Waals surface area contributed by atoms with Crippen LogP contribution in [0.3, 0.4) is 0 Å². The van der Waals surface area contributed by atoms with Crippen molar-refractivity contribution in [1.29, 1.82) is 0 Å². The number of nitrogens with one attached hydrogen (secondary N) is 2. The molecule has 1 aromatic carbocycles. The number of hydrogen-bond acceptors (Lipinski definition) is 3. The fourth-order valence-electron chi connectivity index (χ4n) is 1.76. The van der Waals surface area contributed by atoms with Crippen LogP contribution in [-0.2, 0) is 17.8 Å². The molecular weight excluding hydrogens is 272 g/mol. The minimum atomic E-state index is -0.825. The van der Waals surface area contributed by atoms with Crippen LogP contribution in [0.5, 0.6) is 0 Å². The van der Waals surface area contributed by atoms with Crippen molar-refractivity contribution in [3.8, 4) is 0 Å². The van der Waals surface area contributed by atoms with E-state index in [2.05, 4.69) is 10.6 Å². The second-order valence-electron chi connectivity index (χ2n) is 4.48. The van der Waals surface area contributed by atoms with Gasteiger partial charge in [0.05, 0.1) is 12.8 Å². The Morgan fingerprint density at radius 1 is 1.14 bits per heavy atom. The number of furan rings is 1. The molecule has 0 aliphatic heterocycles. The first-order valence-electron chi connectivity index (χ1n) is 6.51. The number of hydrogen-bond donors (Lipinski definition) is 3. The predicted octanol–water partition coefficient (Wildman–Crippen LogP) is 2.62. The molecule has 0 saturated carbocycles. The van der Waals surface area contributed by atoms with Gasteiger partial charge in [-0.3, -0.25) is 4.79 Å². The van der Waals surface area contributed by atoms with Crippen LogP contribution in [0.2, 0.25) is 0 Å². The summed E-state index contributed by atoms with van der Waals surface area (Å²) in [6, 6.07) is 10.3. The van der Waals surface area contributed by atoms with Gasteiger partial charge in [-0.1, -0.05) is 12.1 Å². The van der Waals surface area contributed by atoms with Gasteiger partial charge in [-0.05, 0) is 36.2 Å². The molecular formula is C15H16N2O4. The lowest BCUT2D eigenvalue weighted by Crippen LogP contribution is -2.27. The Kier molecular flexibility index (Phi) is 4.98. The summed E-state index contributed by atoms with van der Waals surface area (Å²) in [4.78, 5) is 22.1. The van der Waals surface area contributed by atoms with Crippen LogP contribution in [-0.4, -0.2) is 17.1 Å². The Balaban J connectivity index is 1.79. The van der Waals surface area contributed by atoms with E-state index < -0.39 is 5.97 Å². The van der Waals surface area contributed by atoms with Crippen LogP contribution in [0.4, 0.5) is 10.5 Å². The highest BCUT2D eigenvalue weighted by atomic mass is 16.4. The van der Waals surface area contributed by atoms with Crippen molar-refractivity contribution in [3.05, 3.63) is 54.0 Å². The lowest BCUT2D eigenvalue weighted by molar-refractivity contribution is -0.136. The molecule has 21 heavy (non-hydrogen) atoms. The summed E-state index contributed by atoms with van der Waals surface area (Å²) < 4.78 is 5.11. The maximum absolute atomic E-state index is 11.7. The van der Waals surface area contributed by atoms with Crippen LogP contribution in [0.25, 0.3) is 0 Å². The van der Waals surface area contributed by atoms with Crippen molar-refractivity contribution in [2.75, 3.05) is 5.32 Å². The summed E-state index contributed by atoms with van der Waals surface area (Å²) in [5.74, 6) is -0.149. The normalized spacial score (nSPS) is 10.1. The number of carboxylic acids is 1. The number of rotatable bonds is 6. The Bertz CT molecular complexity index is 591. The van der Waals surface area contributed by atoms with Gasteiger partial charge in [0.2, 0.25) is 0 Å². The molecule has 110 valence electrons. The lowest BCUT2D eigenvalue weighted by Gasteiger charge is -2.07. The molecule has 2 aromatic rings. The number of anilines is 1. The molecule has 2 amide bonds. The molecule has 0 aliphatic carbocycles. The number of carbonyl (C=O) groups is 2. The third-order valence-electron chi connectivity index (χ3n) is 2.84. The largest absolute Gasteiger partial charge is 0.481 e. The maximum atomic E-state index is 11.7. The molecule has 0 bridgehead atoms. The number of aryl methyl sites for hydroxylation is 1. The van der Waals surface area contributed by atoms with Gasteiger partial charge in [0.15, 0.2) is 0 Å². The first-order chi connectivity index (χ1) is 10.1. The smallest absolute Gasteiger partial charge is 0.319 e. The SMILES string of the molecule is O=C(O)CCc1ccc(NC(=O)NCc2ccco2)cc1. The standard InChI is InChI=1S/C15H16N2O4/c18-14(19)8-5-11-3-6-12(7-4-11)17-15(20)16-10-13-2-1-9-21-13/h1-4,6-7,9H,5,8,10H2,(H,18,19)(H2,16,17,20). The first kappa shape index (κ1) is 14.6. The Morgan fingerprint density at radius 2 is 1.90 bits per heavy atom. The number of carbonyl (C=O) groups excluding carboxylic acids is 1. The van der Waals surface area contributed by atoms with E-state index in [9.17, 15) is 9.59 Å². The molecule has 0 fully saturated rings. The van der Waals surface area contributed by atoms with E-state index in [4.69, 9.17) is 9.52 Å². The van der Waals surface area contributed by atoms with Crippen LogP contribution >= 0.6 is 0 Å². The van der Waals surface area contributed by atoms with E-state index >= 15 is 0 Å². The second-order valence-corrected chi connectivity index (χ2v) is 4.48. The topological polar surface area (TPSA) is 91.6 Å². The third kappa shape index (κ3) is 5.02. The fourth-order valence-corrected chi connectivity index (χ4v) is 1.76. The molecule has 0 radical (unpaired) electrons. The van der Waals surface area contributed by atoms with Crippen molar-refractivity contribution >= 4 is 17.7 Å². The predicted molar refractivity (Wildman–Crippen MR) is 77.0 cm³/mol. The quantitative estimate of drug-likeness (QED) is 0.762. The Hall–Kier alpha value is -2.76. The lowest BCUT2D eigenvalue weighted by atomic mass is 10.1. The van der Waals surface area contributed by atoms with Gasteiger partial charge < -0.3 is 20.2 Å². The molecule has 6 nitrogen and oxygen atoms in total. The van der Waals surface area contributed by atoms with E-state index in [1.807, 2.05) is 0 Å². The van der Waals surface area contributed by atoms with Gasteiger partial charge in [0.25, 0.3) is 0 Å². The number of benzene rings is 1. The van der Waals surface area contributed by atoms with Crippen molar-refractivity contribution in [1.82, 2.24) is 5.32 Å². The first-order valence-corrected chi connectivity index (χ1v) is 6.51. The van der Waals surface area contributed by atoms with Crippen molar-refractivity contribution < 1.29 is 19.1 Å². The number of urea groups is 1. The van der Waals surface area contributed by atoms with Gasteiger partial charge in [-0.2, -0.15) is 0 Å². The Labute approximate surface area is 121 Å². The van der Waals surface area contributed by atoms with Gasteiger partial charge in [0.1, 0.15) is 5.76 Å². The highest BCUT2D eigenvalue weighted by molar-refractivity contribution is 5.89. The van der Waals surface area contributed by atoms with Crippen molar-refractivity contribution in [3.63, 3.8) is 0 Å². The molecule has 1 heterocycles. The summed E-state index contributed by atoms with van der Waals surface area (Å²) in [5.41, 5.74) is 1.56. The average Bonchev–Trinajstić information content (AvgIpc) is 2.98. The number of carboxylic acid groups (broad SMARTS) is 1. The molecule has 0 saturated heterocycles. The summed E-state index contributed by atoms with van der Waals surface area (Å²) in [5, 5.41) is 14.0. The van der Waals surface area contributed by atoms with E-state index in [1.54, 1.807) is 42.7 Å². The number of aliphatic carboxylic acids is 1. The average molecular weight is 288 g/mol. The molecule has 0 spiro atoms. The molecule has 0 aliphatic rings. The van der Waals surface area contributed by atoms with E-state index in [0.29, 0.717) is 24.4 Å². The Morgan fingerprint density at radius 3 is 2.52 bits per heavy atom. The van der Waals surface area contributed by atoms with Gasteiger partial charge >= 0.3 is 12.0 Å². The van der Waals surface area contributed by atoms with Crippen LogP contribution < -0.4 is 10.6 Å². The molecule has 6 heteroatoms. The zero-order chi connectivity index (χ0) is 15.1. The van der Waals surface area contributed by atoms with Gasteiger partial charge in [-0.25, -0.2) is 4.79 Å². The highest BCUT2D eigenvalue weighted by Crippen LogP contribution is 2.11. The summed E-state index contributed by atoms with van der Waals surface area (Å²) in [6.45, 7) is 0.315. The minimum Gasteiger partial charge on any atom is -0.481 e. The molecule has 2 rings (SSSR count). The molecule has 0 atom stereocenters.